The number of anilines is 2. The zero-order chi connectivity index (χ0) is 43.0. The van der Waals surface area contributed by atoms with E-state index in [-0.39, 0.29) is 43.1 Å². The normalized spacial score (nSPS) is 24.8. The highest BCUT2D eigenvalue weighted by Gasteiger charge is 2.66. The SMILES string of the molecule is CN(c1ccc(S(=O)(=O)NC(=O)c2ccc(N3CCN(CC4=C(C56CC(C)(C5)C6)CC(C)(C)CC4)CC3)cc2Oc2cnc3[nH]ccc3c2)cc1[N+](=O)[O-])C1(F)CCOCC1. The Labute approximate surface area is 355 Å². The first-order chi connectivity index (χ1) is 28.9. The molecule has 0 atom stereocenters. The monoisotopic (exact) mass is 855 g/mol. The molecule has 2 bridgehead atoms. The number of carbonyl (C=O) groups excluding carboxylic acids is 1. The Bertz CT molecular complexity index is 2520. The molecule has 16 heteroatoms. The number of benzene rings is 2. The van der Waals surface area contributed by atoms with Crippen LogP contribution in [0.3, 0.4) is 0 Å². The summed E-state index contributed by atoms with van der Waals surface area (Å²) in [4.78, 5) is 38.3. The smallest absolute Gasteiger partial charge is 0.293 e. The van der Waals surface area contributed by atoms with E-state index in [0.29, 0.717) is 27.6 Å². The number of aromatic nitrogens is 2. The van der Waals surface area contributed by atoms with Crippen molar-refractivity contribution in [2.45, 2.75) is 82.8 Å². The molecule has 4 heterocycles. The van der Waals surface area contributed by atoms with Gasteiger partial charge in [0.1, 0.15) is 22.8 Å². The summed E-state index contributed by atoms with van der Waals surface area (Å²) >= 11 is 0. The number of hydrogen-bond donors (Lipinski definition) is 2. The van der Waals surface area contributed by atoms with Crippen molar-refractivity contribution in [2.24, 2.45) is 16.2 Å². The first-order valence-electron chi connectivity index (χ1n) is 21.2. The van der Waals surface area contributed by atoms with E-state index in [1.165, 1.54) is 63.9 Å². The van der Waals surface area contributed by atoms with Crippen LogP contribution in [0.2, 0.25) is 0 Å². The zero-order valence-corrected chi connectivity index (χ0v) is 36.1. The van der Waals surface area contributed by atoms with Gasteiger partial charge in [-0.1, -0.05) is 31.9 Å². The number of alkyl halides is 1. The molecular formula is C45H54FN7O7S. The first kappa shape index (κ1) is 41.3. The standard InChI is InChI=1S/C45H54FN7O7S/c1-42(2)11-9-31(36(24-42)44-27-43(3,28-44)29-44)26-51-15-17-52(18-16-51)32-5-7-35(39(22-32)60-33-21-30-10-14-47-40(30)48-25-33)41(54)49-61(57,58)34-6-8-37(38(23-34)53(55)56)50(4)45(46)12-19-59-20-13-45/h5-8,10,14,21-23,25H,9,11-13,15-20,24,26-29H2,1-4H3,(H,47,48)(H,49,54). The number of fused-ring (bicyclic) bond motifs is 1. The minimum Gasteiger partial charge on any atom is -0.455 e. The molecule has 0 spiro atoms. The van der Waals surface area contributed by atoms with Crippen molar-refractivity contribution in [3.8, 4) is 11.5 Å². The maximum Gasteiger partial charge on any atom is 0.293 e. The van der Waals surface area contributed by atoms with Crippen LogP contribution in [0.15, 0.2) is 77.0 Å². The summed E-state index contributed by atoms with van der Waals surface area (Å²) in [5.41, 5.74) is 5.45. The van der Waals surface area contributed by atoms with Crippen molar-refractivity contribution in [1.82, 2.24) is 19.6 Å². The largest absolute Gasteiger partial charge is 0.455 e. The molecule has 2 aromatic heterocycles. The summed E-state index contributed by atoms with van der Waals surface area (Å²) in [6, 6.07) is 11.8. The van der Waals surface area contributed by atoms with Gasteiger partial charge in [-0.15, -0.1) is 0 Å². The van der Waals surface area contributed by atoms with Gasteiger partial charge in [0.15, 0.2) is 5.79 Å². The van der Waals surface area contributed by atoms with E-state index in [2.05, 4.69) is 45.3 Å². The minimum atomic E-state index is -4.65. The number of halogens is 1. The number of carbonyl (C=O) groups is 1. The topological polar surface area (TPSA) is 163 Å². The van der Waals surface area contributed by atoms with E-state index >= 15 is 4.39 Å². The van der Waals surface area contributed by atoms with E-state index in [4.69, 9.17) is 9.47 Å². The van der Waals surface area contributed by atoms with Crippen LogP contribution in [0.25, 0.3) is 11.0 Å². The van der Waals surface area contributed by atoms with E-state index in [1.54, 1.807) is 35.5 Å². The van der Waals surface area contributed by atoms with Gasteiger partial charge in [0.2, 0.25) is 0 Å². The van der Waals surface area contributed by atoms with Crippen LogP contribution >= 0.6 is 0 Å². The molecule has 2 aliphatic heterocycles. The van der Waals surface area contributed by atoms with Crippen LogP contribution in [0.5, 0.6) is 11.5 Å². The van der Waals surface area contributed by atoms with Crippen LogP contribution in [0.1, 0.15) is 82.5 Å². The second kappa shape index (κ2) is 15.1. The zero-order valence-electron chi connectivity index (χ0n) is 35.3. The van der Waals surface area contributed by atoms with E-state index < -0.39 is 37.2 Å². The number of hydrogen-bond acceptors (Lipinski definition) is 11. The summed E-state index contributed by atoms with van der Waals surface area (Å²) in [5.74, 6) is -2.46. The van der Waals surface area contributed by atoms with Crippen molar-refractivity contribution in [3.63, 3.8) is 0 Å². The molecule has 6 aliphatic rings. The number of nitrogens with zero attached hydrogens (tertiary/aromatic N) is 5. The van der Waals surface area contributed by atoms with Crippen molar-refractivity contribution in [3.05, 3.63) is 87.7 Å². The average Bonchev–Trinajstić information content (AvgIpc) is 3.68. The van der Waals surface area contributed by atoms with Crippen LogP contribution in [-0.2, 0) is 14.8 Å². The fourth-order valence-corrected chi connectivity index (χ4v) is 11.8. The Kier molecular flexibility index (Phi) is 10.2. The van der Waals surface area contributed by atoms with Crippen LogP contribution in [-0.4, -0.2) is 92.9 Å². The van der Waals surface area contributed by atoms with Gasteiger partial charge in [-0.25, -0.2) is 22.5 Å². The molecule has 10 rings (SSSR count). The summed E-state index contributed by atoms with van der Waals surface area (Å²) < 4.78 is 56.9. The molecule has 0 radical (unpaired) electrons. The molecule has 0 unspecified atom stereocenters. The highest BCUT2D eigenvalue weighted by Crippen LogP contribution is 2.77. The van der Waals surface area contributed by atoms with Crippen LogP contribution < -0.4 is 19.3 Å². The molecular weight excluding hydrogens is 802 g/mol. The van der Waals surface area contributed by atoms with Gasteiger partial charge in [0.25, 0.3) is 21.6 Å². The molecule has 4 aliphatic carbocycles. The predicted molar refractivity (Wildman–Crippen MR) is 230 cm³/mol. The van der Waals surface area contributed by atoms with Crippen LogP contribution in [0.4, 0.5) is 21.5 Å². The lowest BCUT2D eigenvalue weighted by molar-refractivity contribution is -0.384. The van der Waals surface area contributed by atoms with Gasteiger partial charge in [-0.2, -0.15) is 0 Å². The first-order valence-corrected chi connectivity index (χ1v) is 22.7. The quantitative estimate of drug-likeness (QED) is 0.0613. The van der Waals surface area contributed by atoms with E-state index in [9.17, 15) is 23.3 Å². The maximum absolute atomic E-state index is 15.8. The van der Waals surface area contributed by atoms with E-state index in [0.717, 1.165) is 60.8 Å². The Morgan fingerprint density at radius 3 is 2.48 bits per heavy atom. The molecule has 2 N–H and O–H groups in total. The molecule has 61 heavy (non-hydrogen) atoms. The second-order valence-corrected chi connectivity index (χ2v) is 20.8. The highest BCUT2D eigenvalue weighted by atomic mass is 32.2. The number of piperazine rings is 1. The summed E-state index contributed by atoms with van der Waals surface area (Å²) in [6.07, 6.45) is 10.9. The molecule has 3 saturated carbocycles. The van der Waals surface area contributed by atoms with Gasteiger partial charge < -0.3 is 24.3 Å². The van der Waals surface area contributed by atoms with Crippen molar-refractivity contribution < 1.29 is 32.0 Å². The van der Waals surface area contributed by atoms with Gasteiger partial charge in [0, 0.05) is 82.0 Å². The third-order valence-corrected chi connectivity index (χ3v) is 15.3. The van der Waals surface area contributed by atoms with E-state index in [1.807, 2.05) is 6.07 Å². The summed E-state index contributed by atoms with van der Waals surface area (Å²) in [5, 5.41) is 13.0. The minimum absolute atomic E-state index is 0.0106. The number of rotatable bonds is 12. The van der Waals surface area contributed by atoms with Gasteiger partial charge in [-0.05, 0) is 91.2 Å². The number of H-pyrrole nitrogens is 1. The van der Waals surface area contributed by atoms with Gasteiger partial charge in [0.05, 0.1) is 34.8 Å². The second-order valence-electron chi connectivity index (χ2n) is 19.1. The molecule has 5 fully saturated rings. The number of nitro benzene ring substituents is 1. The Hall–Kier alpha value is -5.06. The number of aromatic amines is 1. The lowest BCUT2D eigenvalue weighted by Crippen LogP contribution is -2.61. The lowest BCUT2D eigenvalue weighted by Gasteiger charge is -2.72. The molecule has 2 aromatic carbocycles. The predicted octanol–water partition coefficient (Wildman–Crippen LogP) is 8.11. The Morgan fingerprint density at radius 2 is 1.77 bits per heavy atom. The maximum atomic E-state index is 15.8. The number of nitro groups is 1. The number of nitrogens with one attached hydrogen (secondary N) is 2. The number of pyridine rings is 1. The van der Waals surface area contributed by atoms with Gasteiger partial charge >= 0.3 is 0 Å². The number of ether oxygens (including phenoxy) is 2. The Morgan fingerprint density at radius 1 is 1.03 bits per heavy atom. The van der Waals surface area contributed by atoms with Crippen LogP contribution in [0, 0.1) is 26.4 Å². The third kappa shape index (κ3) is 7.86. The molecule has 4 aromatic rings. The number of allylic oxidation sites excluding steroid dienone is 1. The van der Waals surface area contributed by atoms with Gasteiger partial charge in [-0.3, -0.25) is 19.8 Å². The number of sulfonamides is 1. The van der Waals surface area contributed by atoms with Crippen molar-refractivity contribution in [2.75, 3.05) is 62.8 Å². The third-order valence-electron chi connectivity index (χ3n) is 14.0. The molecule has 2 saturated heterocycles. The fourth-order valence-electron chi connectivity index (χ4n) is 10.8. The highest BCUT2D eigenvalue weighted by molar-refractivity contribution is 7.90. The summed E-state index contributed by atoms with van der Waals surface area (Å²) in [7, 11) is -3.26. The van der Waals surface area contributed by atoms with Crippen molar-refractivity contribution in [1.29, 1.82) is 0 Å². The molecule has 324 valence electrons. The number of amides is 1. The molecule has 14 nitrogen and oxygen atoms in total. The lowest BCUT2D eigenvalue weighted by atomic mass is 9.33. The van der Waals surface area contributed by atoms with Crippen molar-refractivity contribution >= 4 is 44.0 Å². The summed E-state index contributed by atoms with van der Waals surface area (Å²) in [6.45, 7) is 11.8. The Balaban J connectivity index is 0.943. The average molecular weight is 856 g/mol. The fraction of sp³-hybridized carbons (Fsp3) is 0.511. The molecule has 1 amide bonds.